The molecule has 0 bridgehead atoms. The van der Waals surface area contributed by atoms with Crippen LogP contribution in [-0.4, -0.2) is 25.0 Å². The summed E-state index contributed by atoms with van der Waals surface area (Å²) in [5.41, 5.74) is 0. The van der Waals surface area contributed by atoms with Gasteiger partial charge in [0.05, 0.1) is 6.04 Å². The van der Waals surface area contributed by atoms with Gasteiger partial charge in [0.25, 0.3) is 0 Å². The molecule has 0 aromatic heterocycles. The Kier molecular flexibility index (Phi) is 3.06. The summed E-state index contributed by atoms with van der Waals surface area (Å²) in [5, 5.41) is 6.22. The van der Waals surface area contributed by atoms with E-state index in [1.54, 1.807) is 7.05 Å². The molecule has 1 aliphatic carbocycles. The van der Waals surface area contributed by atoms with Gasteiger partial charge in [-0.2, -0.15) is 0 Å². The van der Waals surface area contributed by atoms with Crippen LogP contribution in [0.4, 0.5) is 0 Å². The number of carbonyl (C=O) groups is 1. The topological polar surface area (TPSA) is 41.1 Å². The number of nitrogens with one attached hydrogen (secondary N) is 2. The van der Waals surface area contributed by atoms with Crippen molar-refractivity contribution < 1.29 is 4.79 Å². The Hall–Kier alpha value is -0.570. The number of hydrogen-bond donors (Lipinski definition) is 2. The van der Waals surface area contributed by atoms with Crippen molar-refractivity contribution in [2.24, 2.45) is 5.92 Å². The number of hydrogen-bond acceptors (Lipinski definition) is 2. The number of rotatable bonds is 1. The zero-order chi connectivity index (χ0) is 9.97. The van der Waals surface area contributed by atoms with Crippen LogP contribution in [0.5, 0.6) is 0 Å². The Morgan fingerprint density at radius 2 is 2.00 bits per heavy atom. The molecule has 80 valence electrons. The van der Waals surface area contributed by atoms with E-state index < -0.39 is 0 Å². The molecule has 1 saturated carbocycles. The highest BCUT2D eigenvalue weighted by atomic mass is 16.2. The molecule has 2 fully saturated rings. The summed E-state index contributed by atoms with van der Waals surface area (Å²) in [6, 6.07) is 0.680. The van der Waals surface area contributed by atoms with Gasteiger partial charge < -0.3 is 10.6 Å². The van der Waals surface area contributed by atoms with Crippen LogP contribution in [0, 0.1) is 5.92 Å². The summed E-state index contributed by atoms with van der Waals surface area (Å²) in [5.74, 6) is 0.999. The summed E-state index contributed by atoms with van der Waals surface area (Å²) in [6.07, 6.45) is 7.58. The first-order chi connectivity index (χ1) is 6.81. The second kappa shape index (κ2) is 4.30. The fourth-order valence-corrected chi connectivity index (χ4v) is 2.88. The molecular formula is C11H20N2O. The summed E-state index contributed by atoms with van der Waals surface area (Å²) < 4.78 is 0. The summed E-state index contributed by atoms with van der Waals surface area (Å²) in [4.78, 5) is 11.5. The molecule has 2 N–H and O–H groups in total. The van der Waals surface area contributed by atoms with E-state index >= 15 is 0 Å². The molecular weight excluding hydrogens is 176 g/mol. The molecule has 3 heteroatoms. The molecule has 1 amide bonds. The zero-order valence-electron chi connectivity index (χ0n) is 8.88. The van der Waals surface area contributed by atoms with Crippen molar-refractivity contribution >= 4 is 5.91 Å². The van der Waals surface area contributed by atoms with Gasteiger partial charge in [-0.15, -0.1) is 0 Å². The van der Waals surface area contributed by atoms with Crippen molar-refractivity contribution in [3.8, 4) is 0 Å². The minimum absolute atomic E-state index is 0.0688. The Bertz CT molecular complexity index is 217. The smallest absolute Gasteiger partial charge is 0.236 e. The lowest BCUT2D eigenvalue weighted by Crippen LogP contribution is -2.54. The van der Waals surface area contributed by atoms with Crippen LogP contribution in [0.3, 0.4) is 0 Å². The largest absolute Gasteiger partial charge is 0.358 e. The quantitative estimate of drug-likeness (QED) is 0.658. The van der Waals surface area contributed by atoms with Crippen LogP contribution < -0.4 is 10.6 Å². The van der Waals surface area contributed by atoms with Crippen molar-refractivity contribution in [2.75, 3.05) is 7.05 Å². The first-order valence-corrected chi connectivity index (χ1v) is 5.79. The molecule has 3 nitrogen and oxygen atoms in total. The van der Waals surface area contributed by atoms with E-state index in [0.29, 0.717) is 6.04 Å². The van der Waals surface area contributed by atoms with Gasteiger partial charge in [0, 0.05) is 13.1 Å². The third kappa shape index (κ3) is 1.92. The van der Waals surface area contributed by atoms with Gasteiger partial charge in [-0.3, -0.25) is 4.79 Å². The van der Waals surface area contributed by atoms with E-state index in [2.05, 4.69) is 10.6 Å². The van der Waals surface area contributed by atoms with E-state index in [9.17, 15) is 4.79 Å². The first kappa shape index (κ1) is 9.97. The number of fused-ring (bicyclic) bond motifs is 1. The fourth-order valence-electron chi connectivity index (χ4n) is 2.88. The standard InChI is InChI=1S/C11H20N2O/c1-12-11(14)10-7-6-8-4-2-3-5-9(8)13-10/h8-10,13H,2-7H2,1H3,(H,12,14). The average Bonchev–Trinajstić information content (AvgIpc) is 2.27. The van der Waals surface area contributed by atoms with Crippen LogP contribution in [0.2, 0.25) is 0 Å². The molecule has 0 aromatic carbocycles. The first-order valence-electron chi connectivity index (χ1n) is 5.79. The van der Waals surface area contributed by atoms with Crippen molar-refractivity contribution in [3.05, 3.63) is 0 Å². The van der Waals surface area contributed by atoms with Crippen molar-refractivity contribution in [2.45, 2.75) is 50.6 Å². The van der Waals surface area contributed by atoms with Gasteiger partial charge >= 0.3 is 0 Å². The normalized spacial score (nSPS) is 37.4. The molecule has 1 saturated heterocycles. The third-order valence-electron chi connectivity index (χ3n) is 3.71. The number of carbonyl (C=O) groups excluding carboxylic acids is 1. The van der Waals surface area contributed by atoms with Crippen LogP contribution in [0.1, 0.15) is 38.5 Å². The Labute approximate surface area is 85.6 Å². The lowest BCUT2D eigenvalue weighted by molar-refractivity contribution is -0.124. The number of amides is 1. The molecule has 0 radical (unpaired) electrons. The van der Waals surface area contributed by atoms with Crippen molar-refractivity contribution in [1.82, 2.24) is 10.6 Å². The Morgan fingerprint density at radius 1 is 1.21 bits per heavy atom. The summed E-state index contributed by atoms with van der Waals surface area (Å²) >= 11 is 0. The minimum atomic E-state index is 0.0688. The lowest BCUT2D eigenvalue weighted by atomic mass is 9.77. The second-order valence-electron chi connectivity index (χ2n) is 4.56. The molecule has 3 unspecified atom stereocenters. The second-order valence-corrected chi connectivity index (χ2v) is 4.56. The molecule has 3 atom stereocenters. The van der Waals surface area contributed by atoms with E-state index in [0.717, 1.165) is 12.3 Å². The van der Waals surface area contributed by atoms with E-state index in [1.807, 2.05) is 0 Å². The molecule has 2 aliphatic rings. The Balaban J connectivity index is 1.92. The summed E-state index contributed by atoms with van der Waals surface area (Å²) in [7, 11) is 1.72. The molecule has 0 aromatic rings. The SMILES string of the molecule is CNC(=O)C1CCC2CCCCC2N1. The van der Waals surface area contributed by atoms with E-state index in [-0.39, 0.29) is 11.9 Å². The molecule has 0 spiro atoms. The predicted octanol–water partition coefficient (Wildman–Crippen LogP) is 1.04. The van der Waals surface area contributed by atoms with Crippen LogP contribution in [-0.2, 0) is 4.79 Å². The molecule has 1 aliphatic heterocycles. The van der Waals surface area contributed by atoms with E-state index in [1.165, 1.54) is 32.1 Å². The maximum absolute atomic E-state index is 11.5. The third-order valence-corrected chi connectivity index (χ3v) is 3.71. The van der Waals surface area contributed by atoms with Gasteiger partial charge in [-0.1, -0.05) is 12.8 Å². The summed E-state index contributed by atoms with van der Waals surface area (Å²) in [6.45, 7) is 0. The van der Waals surface area contributed by atoms with Crippen LogP contribution in [0.25, 0.3) is 0 Å². The predicted molar refractivity (Wildman–Crippen MR) is 56.0 cm³/mol. The monoisotopic (exact) mass is 196 g/mol. The van der Waals surface area contributed by atoms with Gasteiger partial charge in [0.2, 0.25) is 5.91 Å². The maximum Gasteiger partial charge on any atom is 0.236 e. The molecule has 2 rings (SSSR count). The lowest BCUT2D eigenvalue weighted by Gasteiger charge is -2.39. The number of piperidine rings is 1. The zero-order valence-corrected chi connectivity index (χ0v) is 8.88. The highest BCUT2D eigenvalue weighted by Gasteiger charge is 2.33. The van der Waals surface area contributed by atoms with Crippen LogP contribution >= 0.6 is 0 Å². The molecule has 1 heterocycles. The highest BCUT2D eigenvalue weighted by Crippen LogP contribution is 2.32. The van der Waals surface area contributed by atoms with Crippen LogP contribution in [0.15, 0.2) is 0 Å². The van der Waals surface area contributed by atoms with Crippen molar-refractivity contribution in [1.29, 1.82) is 0 Å². The number of likely N-dealkylation sites (N-methyl/N-ethyl adjacent to an activating group) is 1. The van der Waals surface area contributed by atoms with Gasteiger partial charge in [0.1, 0.15) is 0 Å². The van der Waals surface area contributed by atoms with Gasteiger partial charge in [-0.05, 0) is 31.6 Å². The highest BCUT2D eigenvalue weighted by molar-refractivity contribution is 5.81. The van der Waals surface area contributed by atoms with Crippen molar-refractivity contribution in [3.63, 3.8) is 0 Å². The van der Waals surface area contributed by atoms with E-state index in [4.69, 9.17) is 0 Å². The average molecular weight is 196 g/mol. The Morgan fingerprint density at radius 3 is 2.79 bits per heavy atom. The fraction of sp³-hybridized carbons (Fsp3) is 0.909. The van der Waals surface area contributed by atoms with Gasteiger partial charge in [0.15, 0.2) is 0 Å². The maximum atomic E-state index is 11.5. The molecule has 14 heavy (non-hydrogen) atoms. The van der Waals surface area contributed by atoms with Gasteiger partial charge in [-0.25, -0.2) is 0 Å². The minimum Gasteiger partial charge on any atom is -0.358 e.